The van der Waals surface area contributed by atoms with Crippen molar-refractivity contribution in [2.75, 3.05) is 0 Å². The van der Waals surface area contributed by atoms with Crippen LogP contribution in [0.4, 0.5) is 4.39 Å². The summed E-state index contributed by atoms with van der Waals surface area (Å²) in [6.07, 6.45) is 3.92. The average Bonchev–Trinajstić information content (AvgIpc) is 2.60. The van der Waals surface area contributed by atoms with Crippen molar-refractivity contribution in [2.24, 2.45) is 11.3 Å². The highest BCUT2D eigenvalue weighted by molar-refractivity contribution is 6.15. The number of carbonyl (C=O) groups is 2. The summed E-state index contributed by atoms with van der Waals surface area (Å²) in [4.78, 5) is 26.1. The Kier molecular flexibility index (Phi) is 4.02. The molecule has 1 N–H and O–H groups in total. The molecule has 25 heavy (non-hydrogen) atoms. The number of aromatic hydroxyl groups is 1. The van der Waals surface area contributed by atoms with Crippen LogP contribution in [-0.4, -0.2) is 16.7 Å². The summed E-state index contributed by atoms with van der Waals surface area (Å²) in [5, 5.41) is 10.3. The van der Waals surface area contributed by atoms with Gasteiger partial charge in [0.15, 0.2) is 23.1 Å². The monoisotopic (exact) mass is 340 g/mol. The zero-order valence-electron chi connectivity index (χ0n) is 14.6. The molecule has 1 aromatic rings. The van der Waals surface area contributed by atoms with Gasteiger partial charge in [-0.15, -0.1) is 0 Å². The van der Waals surface area contributed by atoms with Gasteiger partial charge < -0.3 is 5.11 Å². The Balaban J connectivity index is 2.31. The Morgan fingerprint density at radius 2 is 1.96 bits per heavy atom. The first-order valence-corrected chi connectivity index (χ1v) is 8.31. The highest BCUT2D eigenvalue weighted by Gasteiger charge is 2.56. The van der Waals surface area contributed by atoms with Gasteiger partial charge in [0, 0.05) is 17.4 Å². The minimum atomic E-state index is -1.08. The van der Waals surface area contributed by atoms with Crippen molar-refractivity contribution in [3.8, 4) is 5.75 Å². The smallest absolute Gasteiger partial charge is 0.166 e. The van der Waals surface area contributed by atoms with Crippen LogP contribution in [0.15, 0.2) is 53.6 Å². The average molecular weight is 340 g/mol. The van der Waals surface area contributed by atoms with Crippen molar-refractivity contribution in [3.63, 3.8) is 0 Å². The molecule has 4 heteroatoms. The van der Waals surface area contributed by atoms with Gasteiger partial charge in [-0.2, -0.15) is 0 Å². The van der Waals surface area contributed by atoms with Gasteiger partial charge in [0.2, 0.25) is 0 Å². The number of phenolic OH excluding ortho intramolecular Hbond substituents is 1. The molecule has 3 nitrogen and oxygen atoms in total. The maximum absolute atomic E-state index is 14.0. The Morgan fingerprint density at radius 1 is 1.28 bits per heavy atom. The zero-order valence-corrected chi connectivity index (χ0v) is 14.6. The molecular formula is C21H21FO3. The standard InChI is InChI=1S/C21H21FO3/c1-5-13-9-10-15-18(23)11(2)12(3)20(25)21(15,4)17(13)14-7-6-8-16(22)19(14)24/h5-9,15,17,24H,1,10H2,2-4H3. The third-order valence-electron chi connectivity index (χ3n) is 5.89. The van der Waals surface area contributed by atoms with Crippen LogP contribution in [0.3, 0.4) is 0 Å². The van der Waals surface area contributed by atoms with Gasteiger partial charge >= 0.3 is 0 Å². The predicted octanol–water partition coefficient (Wildman–Crippen LogP) is 4.24. The Labute approximate surface area is 146 Å². The van der Waals surface area contributed by atoms with Crippen LogP contribution in [-0.2, 0) is 9.59 Å². The van der Waals surface area contributed by atoms with Gasteiger partial charge in [-0.25, -0.2) is 4.39 Å². The lowest BCUT2D eigenvalue weighted by Gasteiger charge is -2.48. The molecule has 3 unspecified atom stereocenters. The number of Topliss-reactive ketones (excluding diaryl/α,β-unsaturated/α-hetero) is 2. The number of ketones is 2. The third-order valence-corrected chi connectivity index (χ3v) is 5.89. The second kappa shape index (κ2) is 5.80. The predicted molar refractivity (Wildman–Crippen MR) is 93.7 cm³/mol. The largest absolute Gasteiger partial charge is 0.505 e. The van der Waals surface area contributed by atoms with E-state index < -0.39 is 28.8 Å². The van der Waals surface area contributed by atoms with Gasteiger partial charge in [-0.05, 0) is 43.1 Å². The van der Waals surface area contributed by atoms with Gasteiger partial charge in [0.05, 0.1) is 5.41 Å². The topological polar surface area (TPSA) is 54.4 Å². The second-order valence-electron chi connectivity index (χ2n) is 7.03. The molecule has 2 aliphatic rings. The van der Waals surface area contributed by atoms with Gasteiger partial charge in [0.25, 0.3) is 0 Å². The lowest BCUT2D eigenvalue weighted by Crippen LogP contribution is -2.50. The zero-order chi connectivity index (χ0) is 18.5. The molecule has 0 fully saturated rings. The van der Waals surface area contributed by atoms with Crippen LogP contribution >= 0.6 is 0 Å². The molecule has 0 bridgehead atoms. The molecule has 0 radical (unpaired) electrons. The fourth-order valence-electron chi connectivity index (χ4n) is 4.32. The first-order valence-electron chi connectivity index (χ1n) is 8.31. The van der Waals surface area contributed by atoms with Crippen molar-refractivity contribution in [1.82, 2.24) is 0 Å². The Hall–Kier alpha value is -2.49. The number of carbonyl (C=O) groups excluding carboxylic acids is 2. The van der Waals surface area contributed by atoms with Crippen LogP contribution in [0.5, 0.6) is 5.75 Å². The first kappa shape index (κ1) is 17.3. The number of rotatable bonds is 2. The second-order valence-corrected chi connectivity index (χ2v) is 7.03. The highest BCUT2D eigenvalue weighted by atomic mass is 19.1. The summed E-state index contributed by atoms with van der Waals surface area (Å²) in [5.74, 6) is -2.56. The number of hydrogen-bond acceptors (Lipinski definition) is 3. The minimum absolute atomic E-state index is 0.0557. The number of hydrogen-bond donors (Lipinski definition) is 1. The first-order chi connectivity index (χ1) is 11.7. The molecule has 0 aromatic heterocycles. The number of phenols is 1. The van der Waals surface area contributed by atoms with E-state index in [-0.39, 0.29) is 11.6 Å². The van der Waals surface area contributed by atoms with Crippen LogP contribution in [0.25, 0.3) is 0 Å². The molecule has 0 saturated carbocycles. The van der Waals surface area contributed by atoms with Crippen LogP contribution in [0.1, 0.15) is 38.7 Å². The molecule has 130 valence electrons. The molecule has 1 aromatic carbocycles. The maximum atomic E-state index is 14.0. The van der Waals surface area contributed by atoms with Crippen LogP contribution in [0.2, 0.25) is 0 Å². The van der Waals surface area contributed by atoms with E-state index >= 15 is 0 Å². The molecule has 2 aliphatic carbocycles. The van der Waals surface area contributed by atoms with E-state index in [0.717, 1.165) is 5.57 Å². The molecule has 3 atom stereocenters. The Morgan fingerprint density at radius 3 is 2.60 bits per heavy atom. The Bertz CT molecular complexity index is 862. The molecule has 0 spiro atoms. The molecule has 3 rings (SSSR count). The fraction of sp³-hybridized carbons (Fsp3) is 0.333. The molecule has 0 heterocycles. The normalized spacial score (nSPS) is 29.4. The minimum Gasteiger partial charge on any atom is -0.505 e. The van der Waals surface area contributed by atoms with E-state index in [2.05, 4.69) is 6.58 Å². The maximum Gasteiger partial charge on any atom is 0.166 e. The van der Waals surface area contributed by atoms with E-state index in [1.54, 1.807) is 32.9 Å². The van der Waals surface area contributed by atoms with E-state index in [0.29, 0.717) is 23.1 Å². The summed E-state index contributed by atoms with van der Waals surface area (Å²) in [6.45, 7) is 8.89. The summed E-state index contributed by atoms with van der Waals surface area (Å²) >= 11 is 0. The molecule has 0 saturated heterocycles. The lowest BCUT2D eigenvalue weighted by atomic mass is 9.52. The number of halogens is 1. The van der Waals surface area contributed by atoms with Crippen molar-refractivity contribution in [1.29, 1.82) is 0 Å². The van der Waals surface area contributed by atoms with Crippen LogP contribution < -0.4 is 0 Å². The van der Waals surface area contributed by atoms with Gasteiger partial charge in [0.1, 0.15) is 0 Å². The van der Waals surface area contributed by atoms with Crippen molar-refractivity contribution >= 4 is 11.6 Å². The van der Waals surface area contributed by atoms with Crippen molar-refractivity contribution < 1.29 is 19.1 Å². The van der Waals surface area contributed by atoms with Gasteiger partial charge in [-0.3, -0.25) is 9.59 Å². The molecular weight excluding hydrogens is 319 g/mol. The van der Waals surface area contributed by atoms with E-state index in [4.69, 9.17) is 0 Å². The summed E-state index contributed by atoms with van der Waals surface area (Å²) in [6, 6.07) is 4.27. The molecule has 0 amide bonds. The number of allylic oxidation sites excluding steroid dienone is 5. The quantitative estimate of drug-likeness (QED) is 0.876. The van der Waals surface area contributed by atoms with E-state index in [1.807, 2.05) is 6.08 Å². The summed E-state index contributed by atoms with van der Waals surface area (Å²) in [5.41, 5.74) is 0.893. The number of para-hydroxylation sites is 1. The van der Waals surface area contributed by atoms with Crippen molar-refractivity contribution in [3.05, 3.63) is 65.0 Å². The third kappa shape index (κ3) is 2.24. The lowest BCUT2D eigenvalue weighted by molar-refractivity contribution is -0.138. The SMILES string of the molecule is C=CC1=CCC2C(=O)C(C)=C(C)C(=O)C2(C)C1c1cccc(F)c1O. The summed E-state index contributed by atoms with van der Waals surface area (Å²) in [7, 11) is 0. The number of fused-ring (bicyclic) bond motifs is 1. The number of benzene rings is 1. The van der Waals surface area contributed by atoms with Crippen molar-refractivity contribution in [2.45, 2.75) is 33.1 Å². The van der Waals surface area contributed by atoms with E-state index in [1.165, 1.54) is 12.1 Å². The fourth-order valence-corrected chi connectivity index (χ4v) is 4.32. The van der Waals surface area contributed by atoms with Gasteiger partial charge in [-0.1, -0.05) is 37.8 Å². The highest BCUT2D eigenvalue weighted by Crippen LogP contribution is 2.57. The molecule has 0 aliphatic heterocycles. The van der Waals surface area contributed by atoms with Crippen LogP contribution in [0, 0.1) is 17.2 Å². The van der Waals surface area contributed by atoms with E-state index in [9.17, 15) is 19.1 Å². The summed E-state index contributed by atoms with van der Waals surface area (Å²) < 4.78 is 14.0.